The second-order valence-electron chi connectivity index (χ2n) is 2.86. The van der Waals surface area contributed by atoms with Gasteiger partial charge >= 0.3 is 12.1 Å². The SMILES string of the molecule is O=C(O)c1sccc1S(=O)(=O)NCC(F)(F)F. The van der Waals surface area contributed by atoms with Crippen LogP contribution in [0.3, 0.4) is 0 Å². The van der Waals surface area contributed by atoms with Crippen LogP contribution in [-0.4, -0.2) is 32.2 Å². The highest BCUT2D eigenvalue weighted by Crippen LogP contribution is 2.22. The fourth-order valence-electron chi connectivity index (χ4n) is 0.920. The third-order valence-corrected chi connectivity index (χ3v) is 4.05. The van der Waals surface area contributed by atoms with Crippen molar-refractivity contribution in [3.8, 4) is 0 Å². The number of carboxylic acid groups (broad SMARTS) is 1. The molecule has 0 unspecified atom stereocenters. The Morgan fingerprint density at radius 2 is 2.06 bits per heavy atom. The first-order valence-electron chi connectivity index (χ1n) is 4.01. The topological polar surface area (TPSA) is 83.5 Å². The van der Waals surface area contributed by atoms with Gasteiger partial charge in [-0.05, 0) is 11.4 Å². The van der Waals surface area contributed by atoms with Gasteiger partial charge in [-0.15, -0.1) is 11.3 Å². The lowest BCUT2D eigenvalue weighted by molar-refractivity contribution is -0.121. The minimum absolute atomic E-state index is 0.528. The highest BCUT2D eigenvalue weighted by atomic mass is 32.2. The third kappa shape index (κ3) is 3.68. The molecule has 0 radical (unpaired) electrons. The van der Waals surface area contributed by atoms with E-state index < -0.39 is 38.5 Å². The summed E-state index contributed by atoms with van der Waals surface area (Å²) in [5.41, 5.74) is 0. The molecule has 10 heteroatoms. The monoisotopic (exact) mass is 289 g/mol. The summed E-state index contributed by atoms with van der Waals surface area (Å²) in [5.74, 6) is -1.51. The van der Waals surface area contributed by atoms with Gasteiger partial charge in [0.05, 0.1) is 0 Å². The molecule has 0 aliphatic heterocycles. The maximum Gasteiger partial charge on any atom is 0.402 e. The Hall–Kier alpha value is -1.13. The Bertz CT molecular complexity index is 519. The fourth-order valence-corrected chi connectivity index (χ4v) is 3.19. The van der Waals surface area contributed by atoms with Crippen LogP contribution in [0.2, 0.25) is 0 Å². The van der Waals surface area contributed by atoms with E-state index in [1.54, 1.807) is 0 Å². The lowest BCUT2D eigenvalue weighted by Crippen LogP contribution is -2.34. The van der Waals surface area contributed by atoms with Gasteiger partial charge in [-0.25, -0.2) is 17.9 Å². The molecule has 17 heavy (non-hydrogen) atoms. The molecule has 0 fully saturated rings. The Morgan fingerprint density at radius 1 is 1.47 bits per heavy atom. The van der Waals surface area contributed by atoms with E-state index in [-0.39, 0.29) is 0 Å². The molecule has 0 atom stereocenters. The molecule has 1 aromatic rings. The van der Waals surface area contributed by atoms with E-state index in [0.29, 0.717) is 11.3 Å². The lowest BCUT2D eigenvalue weighted by atomic mass is 10.5. The van der Waals surface area contributed by atoms with Gasteiger partial charge in [-0.3, -0.25) is 0 Å². The number of thiophene rings is 1. The molecule has 0 spiro atoms. The van der Waals surface area contributed by atoms with Crippen molar-refractivity contribution in [2.24, 2.45) is 0 Å². The van der Waals surface area contributed by atoms with Gasteiger partial charge in [0.1, 0.15) is 16.3 Å². The van der Waals surface area contributed by atoms with Crippen LogP contribution in [0.4, 0.5) is 13.2 Å². The molecule has 1 rings (SSSR count). The number of sulfonamides is 1. The summed E-state index contributed by atoms with van der Waals surface area (Å²) in [4.78, 5) is 9.43. The number of hydrogen-bond donors (Lipinski definition) is 2. The van der Waals surface area contributed by atoms with Gasteiger partial charge in [-0.2, -0.15) is 13.2 Å². The Balaban J connectivity index is 2.98. The van der Waals surface area contributed by atoms with Crippen molar-refractivity contribution in [1.82, 2.24) is 4.72 Å². The van der Waals surface area contributed by atoms with E-state index in [1.165, 1.54) is 10.1 Å². The van der Waals surface area contributed by atoms with Crippen molar-refractivity contribution in [2.75, 3.05) is 6.54 Å². The number of carboxylic acids is 1. The lowest BCUT2D eigenvalue weighted by Gasteiger charge is -2.08. The molecule has 2 N–H and O–H groups in total. The minimum atomic E-state index is -4.70. The first kappa shape index (κ1) is 13.9. The number of carbonyl (C=O) groups is 1. The fraction of sp³-hybridized carbons (Fsp3) is 0.286. The summed E-state index contributed by atoms with van der Waals surface area (Å²) < 4.78 is 59.6. The van der Waals surface area contributed by atoms with Crippen LogP contribution in [-0.2, 0) is 10.0 Å². The summed E-state index contributed by atoms with van der Waals surface area (Å²) in [5, 5.41) is 9.81. The van der Waals surface area contributed by atoms with Crippen LogP contribution in [0.5, 0.6) is 0 Å². The number of hydrogen-bond acceptors (Lipinski definition) is 4. The summed E-state index contributed by atoms with van der Waals surface area (Å²) in [6.07, 6.45) is -4.70. The van der Waals surface area contributed by atoms with Crippen molar-refractivity contribution in [1.29, 1.82) is 0 Å². The predicted molar refractivity (Wildman–Crippen MR) is 52.5 cm³/mol. The van der Waals surface area contributed by atoms with Gasteiger partial charge in [0.15, 0.2) is 0 Å². The van der Waals surface area contributed by atoms with E-state index in [2.05, 4.69) is 0 Å². The Kier molecular flexibility index (Phi) is 3.79. The summed E-state index contributed by atoms with van der Waals surface area (Å²) in [6.45, 7) is -1.75. The Labute approximate surface area is 97.9 Å². The van der Waals surface area contributed by atoms with E-state index >= 15 is 0 Å². The maximum atomic E-state index is 11.8. The van der Waals surface area contributed by atoms with Gasteiger partial charge in [0, 0.05) is 0 Å². The normalized spacial score (nSPS) is 12.6. The quantitative estimate of drug-likeness (QED) is 0.874. The van der Waals surface area contributed by atoms with Crippen LogP contribution in [0.15, 0.2) is 16.3 Å². The molecule has 0 aromatic carbocycles. The molecule has 1 heterocycles. The molecule has 0 aliphatic rings. The van der Waals surface area contributed by atoms with E-state index in [9.17, 15) is 26.4 Å². The molecule has 0 amide bonds. The maximum absolute atomic E-state index is 11.8. The van der Waals surface area contributed by atoms with E-state index in [4.69, 9.17) is 5.11 Å². The zero-order valence-electron chi connectivity index (χ0n) is 7.98. The van der Waals surface area contributed by atoms with E-state index in [1.807, 2.05) is 0 Å². The first-order valence-corrected chi connectivity index (χ1v) is 6.37. The molecule has 0 saturated heterocycles. The second-order valence-corrected chi connectivity index (χ2v) is 5.51. The smallest absolute Gasteiger partial charge is 0.402 e. The largest absolute Gasteiger partial charge is 0.477 e. The first-order chi connectivity index (χ1) is 7.63. The van der Waals surface area contributed by atoms with Crippen molar-refractivity contribution >= 4 is 27.3 Å². The Morgan fingerprint density at radius 3 is 2.53 bits per heavy atom. The predicted octanol–water partition coefficient (Wildman–Crippen LogP) is 1.29. The second kappa shape index (κ2) is 4.63. The zero-order valence-corrected chi connectivity index (χ0v) is 9.62. The number of aromatic carboxylic acids is 1. The molecule has 1 aromatic heterocycles. The molecule has 96 valence electrons. The molecular weight excluding hydrogens is 283 g/mol. The summed E-state index contributed by atoms with van der Waals surface area (Å²) in [7, 11) is -4.47. The van der Waals surface area contributed by atoms with Crippen molar-refractivity contribution in [2.45, 2.75) is 11.1 Å². The van der Waals surface area contributed by atoms with Crippen LogP contribution >= 0.6 is 11.3 Å². The van der Waals surface area contributed by atoms with Gasteiger partial charge in [-0.1, -0.05) is 0 Å². The number of nitrogens with one attached hydrogen (secondary N) is 1. The number of halogens is 3. The standard InChI is InChI=1S/C7H6F3NO4S2/c8-7(9,10)3-11-17(14,15)4-1-2-16-5(4)6(12)13/h1-2,11H,3H2,(H,12,13). The van der Waals surface area contributed by atoms with Crippen LogP contribution in [0.25, 0.3) is 0 Å². The van der Waals surface area contributed by atoms with Crippen LogP contribution in [0.1, 0.15) is 9.67 Å². The molecule has 0 saturated carbocycles. The van der Waals surface area contributed by atoms with E-state index in [0.717, 1.165) is 6.07 Å². The number of rotatable bonds is 4. The van der Waals surface area contributed by atoms with Crippen molar-refractivity contribution in [3.63, 3.8) is 0 Å². The summed E-state index contributed by atoms with van der Waals surface area (Å²) in [6, 6.07) is 0.937. The van der Waals surface area contributed by atoms with Crippen LogP contribution < -0.4 is 4.72 Å². The summed E-state index contributed by atoms with van der Waals surface area (Å²) >= 11 is 0.618. The molecule has 0 aliphatic carbocycles. The molecule has 5 nitrogen and oxygen atoms in total. The number of alkyl halides is 3. The highest BCUT2D eigenvalue weighted by molar-refractivity contribution is 7.89. The average molecular weight is 289 g/mol. The van der Waals surface area contributed by atoms with Gasteiger partial charge < -0.3 is 5.11 Å². The minimum Gasteiger partial charge on any atom is -0.477 e. The molecule has 0 bridgehead atoms. The zero-order chi connectivity index (χ0) is 13.3. The van der Waals surface area contributed by atoms with Crippen molar-refractivity contribution < 1.29 is 31.5 Å². The van der Waals surface area contributed by atoms with Gasteiger partial charge in [0.2, 0.25) is 10.0 Å². The van der Waals surface area contributed by atoms with Gasteiger partial charge in [0.25, 0.3) is 0 Å². The third-order valence-electron chi connectivity index (χ3n) is 1.58. The average Bonchev–Trinajstić information content (AvgIpc) is 2.62. The van der Waals surface area contributed by atoms with Crippen molar-refractivity contribution in [3.05, 3.63) is 16.3 Å². The van der Waals surface area contributed by atoms with Crippen LogP contribution in [0, 0.1) is 0 Å². The highest BCUT2D eigenvalue weighted by Gasteiger charge is 2.31. The molecular formula is C7H6F3NO4S2.